The van der Waals surface area contributed by atoms with E-state index < -0.39 is 0 Å². The van der Waals surface area contributed by atoms with E-state index in [0.717, 1.165) is 18.6 Å². The standard InChI is InChI=1S/C9H15N3OS/c1-6-5-7(3-4-8(6)13)11-12(2)9(10)14/h6H,3-5H2,1-2H3,(H2,10,14). The van der Waals surface area contributed by atoms with Crippen molar-refractivity contribution in [2.45, 2.75) is 26.2 Å². The predicted molar refractivity (Wildman–Crippen MR) is 60.0 cm³/mol. The fraction of sp³-hybridized carbons (Fsp3) is 0.667. The van der Waals surface area contributed by atoms with Crippen molar-refractivity contribution in [1.29, 1.82) is 0 Å². The lowest BCUT2D eigenvalue weighted by Crippen LogP contribution is -2.30. The summed E-state index contributed by atoms with van der Waals surface area (Å²) in [6.07, 6.45) is 2.05. The molecule has 0 radical (unpaired) electrons. The number of nitrogens with zero attached hydrogens (tertiary/aromatic N) is 2. The molecule has 1 saturated carbocycles. The molecule has 1 unspecified atom stereocenters. The summed E-state index contributed by atoms with van der Waals surface area (Å²) in [5, 5.41) is 5.98. The third-order valence-corrected chi connectivity index (χ3v) is 2.63. The molecule has 1 atom stereocenters. The van der Waals surface area contributed by atoms with Gasteiger partial charge in [-0.25, -0.2) is 5.01 Å². The summed E-state index contributed by atoms with van der Waals surface area (Å²) >= 11 is 4.77. The number of Topliss-reactive ketones (excluding diaryl/α,β-unsaturated/α-hetero) is 1. The Labute approximate surface area is 89.1 Å². The molecule has 78 valence electrons. The lowest BCUT2D eigenvalue weighted by Gasteiger charge is -2.20. The molecule has 4 nitrogen and oxygen atoms in total. The summed E-state index contributed by atoms with van der Waals surface area (Å²) in [7, 11) is 1.72. The average molecular weight is 213 g/mol. The number of hydrogen-bond donors (Lipinski definition) is 1. The summed E-state index contributed by atoms with van der Waals surface area (Å²) in [5.74, 6) is 0.407. The fourth-order valence-corrected chi connectivity index (χ4v) is 1.48. The lowest BCUT2D eigenvalue weighted by atomic mass is 9.88. The van der Waals surface area contributed by atoms with Crippen molar-refractivity contribution in [2.75, 3.05) is 7.05 Å². The van der Waals surface area contributed by atoms with Crippen LogP contribution in [0.4, 0.5) is 0 Å². The van der Waals surface area contributed by atoms with Gasteiger partial charge in [0.1, 0.15) is 5.78 Å². The molecule has 1 aliphatic carbocycles. The molecule has 0 aromatic carbocycles. The average Bonchev–Trinajstić information content (AvgIpc) is 2.11. The second-order valence-electron chi connectivity index (χ2n) is 3.60. The molecule has 0 aliphatic heterocycles. The van der Waals surface area contributed by atoms with Crippen LogP contribution >= 0.6 is 12.2 Å². The minimum atomic E-state index is 0.0854. The van der Waals surface area contributed by atoms with Crippen LogP contribution in [0.25, 0.3) is 0 Å². The smallest absolute Gasteiger partial charge is 0.186 e. The molecule has 1 rings (SSSR count). The van der Waals surface area contributed by atoms with E-state index in [4.69, 9.17) is 18.0 Å². The van der Waals surface area contributed by atoms with Crippen molar-refractivity contribution in [1.82, 2.24) is 5.01 Å². The predicted octanol–water partition coefficient (Wildman–Crippen LogP) is 0.907. The monoisotopic (exact) mass is 213 g/mol. The van der Waals surface area contributed by atoms with Gasteiger partial charge >= 0.3 is 0 Å². The third-order valence-electron chi connectivity index (χ3n) is 2.36. The number of carbonyl (C=O) groups excluding carboxylic acids is 1. The Morgan fingerprint density at radius 1 is 1.64 bits per heavy atom. The van der Waals surface area contributed by atoms with Crippen molar-refractivity contribution in [3.8, 4) is 0 Å². The van der Waals surface area contributed by atoms with E-state index in [-0.39, 0.29) is 11.0 Å². The molecule has 14 heavy (non-hydrogen) atoms. The SMILES string of the molecule is CC1CC(=NN(C)C(N)=S)CCC1=O. The molecular weight excluding hydrogens is 198 g/mol. The lowest BCUT2D eigenvalue weighted by molar-refractivity contribution is -0.122. The molecule has 5 heteroatoms. The van der Waals surface area contributed by atoms with Crippen LogP contribution in [0, 0.1) is 5.92 Å². The highest BCUT2D eigenvalue weighted by atomic mass is 32.1. The van der Waals surface area contributed by atoms with E-state index in [1.807, 2.05) is 6.92 Å². The molecule has 0 aromatic rings. The first-order valence-electron chi connectivity index (χ1n) is 4.63. The van der Waals surface area contributed by atoms with E-state index in [0.29, 0.717) is 12.2 Å². The van der Waals surface area contributed by atoms with E-state index in [1.165, 1.54) is 5.01 Å². The second kappa shape index (κ2) is 4.50. The summed E-state index contributed by atoms with van der Waals surface area (Å²) in [6, 6.07) is 0. The molecular formula is C9H15N3OS. The van der Waals surface area contributed by atoms with Crippen LogP contribution in [0.1, 0.15) is 26.2 Å². The van der Waals surface area contributed by atoms with Crippen LogP contribution in [-0.4, -0.2) is 28.7 Å². The normalized spacial score (nSPS) is 25.1. The Morgan fingerprint density at radius 2 is 2.29 bits per heavy atom. The summed E-state index contributed by atoms with van der Waals surface area (Å²) < 4.78 is 0. The Kier molecular flexibility index (Phi) is 3.57. The van der Waals surface area contributed by atoms with E-state index in [2.05, 4.69) is 5.10 Å². The first-order valence-corrected chi connectivity index (χ1v) is 5.03. The maximum absolute atomic E-state index is 11.2. The quantitative estimate of drug-likeness (QED) is 0.519. The molecule has 0 bridgehead atoms. The Morgan fingerprint density at radius 3 is 2.79 bits per heavy atom. The van der Waals surface area contributed by atoms with Gasteiger partial charge in [-0.2, -0.15) is 5.10 Å². The first kappa shape index (κ1) is 11.1. The molecule has 1 fully saturated rings. The third kappa shape index (κ3) is 2.77. The molecule has 0 heterocycles. The van der Waals surface area contributed by atoms with Gasteiger partial charge in [-0.15, -0.1) is 0 Å². The van der Waals surface area contributed by atoms with Gasteiger partial charge in [-0.05, 0) is 25.1 Å². The maximum atomic E-state index is 11.2. The largest absolute Gasteiger partial charge is 0.375 e. The summed E-state index contributed by atoms with van der Waals surface area (Å²) in [4.78, 5) is 11.2. The van der Waals surface area contributed by atoms with Crippen molar-refractivity contribution in [2.24, 2.45) is 16.8 Å². The van der Waals surface area contributed by atoms with Crippen molar-refractivity contribution in [3.05, 3.63) is 0 Å². The van der Waals surface area contributed by atoms with Gasteiger partial charge in [0.2, 0.25) is 0 Å². The Hall–Kier alpha value is -0.970. The second-order valence-corrected chi connectivity index (χ2v) is 4.02. The highest BCUT2D eigenvalue weighted by molar-refractivity contribution is 7.80. The van der Waals surface area contributed by atoms with Gasteiger partial charge in [0, 0.05) is 25.1 Å². The number of thiocarbonyl (C=S) groups is 1. The zero-order chi connectivity index (χ0) is 10.7. The molecule has 1 aliphatic rings. The van der Waals surface area contributed by atoms with Crippen molar-refractivity contribution >= 4 is 28.8 Å². The van der Waals surface area contributed by atoms with Crippen molar-refractivity contribution < 1.29 is 4.79 Å². The first-order chi connectivity index (χ1) is 6.50. The fourth-order valence-electron chi connectivity index (χ4n) is 1.44. The van der Waals surface area contributed by atoms with Crippen LogP contribution in [0.15, 0.2) is 5.10 Å². The number of rotatable bonds is 1. The van der Waals surface area contributed by atoms with Gasteiger partial charge in [0.25, 0.3) is 0 Å². The Bertz CT molecular complexity index is 288. The molecule has 2 N–H and O–H groups in total. The maximum Gasteiger partial charge on any atom is 0.186 e. The molecule has 0 spiro atoms. The van der Waals surface area contributed by atoms with Crippen LogP contribution in [0.5, 0.6) is 0 Å². The van der Waals surface area contributed by atoms with Gasteiger partial charge in [0.15, 0.2) is 5.11 Å². The summed E-state index contributed by atoms with van der Waals surface area (Å²) in [5.41, 5.74) is 6.41. The number of hydrazone groups is 1. The zero-order valence-corrected chi connectivity index (χ0v) is 9.30. The van der Waals surface area contributed by atoms with E-state index in [9.17, 15) is 4.79 Å². The van der Waals surface area contributed by atoms with Gasteiger partial charge < -0.3 is 5.73 Å². The summed E-state index contributed by atoms with van der Waals surface area (Å²) in [6.45, 7) is 1.93. The number of hydrogen-bond acceptors (Lipinski definition) is 3. The van der Waals surface area contributed by atoms with Crippen LogP contribution in [0.2, 0.25) is 0 Å². The van der Waals surface area contributed by atoms with Gasteiger partial charge in [0.05, 0.1) is 0 Å². The van der Waals surface area contributed by atoms with E-state index in [1.54, 1.807) is 7.05 Å². The molecule has 0 aromatic heterocycles. The highest BCUT2D eigenvalue weighted by Gasteiger charge is 2.22. The highest BCUT2D eigenvalue weighted by Crippen LogP contribution is 2.18. The Balaban J connectivity index is 2.62. The van der Waals surface area contributed by atoms with Crippen molar-refractivity contribution in [3.63, 3.8) is 0 Å². The topological polar surface area (TPSA) is 58.7 Å². The van der Waals surface area contributed by atoms with Crippen LogP contribution in [0.3, 0.4) is 0 Å². The number of nitrogens with two attached hydrogens (primary N) is 1. The molecule has 0 saturated heterocycles. The van der Waals surface area contributed by atoms with Crippen LogP contribution < -0.4 is 5.73 Å². The van der Waals surface area contributed by atoms with Gasteiger partial charge in [-0.1, -0.05) is 6.92 Å². The van der Waals surface area contributed by atoms with E-state index >= 15 is 0 Å². The number of ketones is 1. The molecule has 0 amide bonds. The zero-order valence-electron chi connectivity index (χ0n) is 8.49. The van der Waals surface area contributed by atoms with Crippen LogP contribution in [-0.2, 0) is 4.79 Å². The number of carbonyl (C=O) groups is 1. The minimum absolute atomic E-state index is 0.0854. The minimum Gasteiger partial charge on any atom is -0.375 e. The van der Waals surface area contributed by atoms with Gasteiger partial charge in [-0.3, -0.25) is 4.79 Å².